The highest BCUT2D eigenvalue weighted by atomic mass is 32.2. The summed E-state index contributed by atoms with van der Waals surface area (Å²) in [6.07, 6.45) is 5.28. The van der Waals surface area contributed by atoms with Crippen molar-refractivity contribution in [2.24, 2.45) is 0 Å². The number of piperidine rings is 1. The lowest BCUT2D eigenvalue weighted by atomic mass is 9.81. The lowest BCUT2D eigenvalue weighted by molar-refractivity contribution is 0.102. The molecule has 4 heterocycles. The first-order valence-electron chi connectivity index (χ1n) is 11.5. The number of hydrogen-bond acceptors (Lipinski definition) is 8. The van der Waals surface area contributed by atoms with E-state index in [0.29, 0.717) is 17.9 Å². The molecule has 0 unspecified atom stereocenters. The Morgan fingerprint density at radius 3 is 2.76 bits per heavy atom. The van der Waals surface area contributed by atoms with Crippen LogP contribution in [0.15, 0.2) is 36.1 Å². The normalized spacial score (nSPS) is 24.7. The maximum Gasteiger partial charge on any atom is 0.236 e. The molecule has 2 aromatic heterocycles. The summed E-state index contributed by atoms with van der Waals surface area (Å²) in [4.78, 5) is 16.6. The molecule has 3 aromatic rings. The van der Waals surface area contributed by atoms with Crippen molar-refractivity contribution in [2.45, 2.75) is 58.2 Å². The second kappa shape index (κ2) is 8.58. The minimum absolute atomic E-state index is 0.143. The van der Waals surface area contributed by atoms with E-state index in [-0.39, 0.29) is 17.5 Å². The highest BCUT2D eigenvalue weighted by Crippen LogP contribution is 2.44. The first kappa shape index (κ1) is 23.2. The highest BCUT2D eigenvalue weighted by molar-refractivity contribution is 7.93. The van der Waals surface area contributed by atoms with E-state index in [1.54, 1.807) is 39.6 Å². The summed E-state index contributed by atoms with van der Waals surface area (Å²) in [5.74, 6) is 0.804. The van der Waals surface area contributed by atoms with E-state index >= 15 is 0 Å². The zero-order chi connectivity index (χ0) is 24.1. The lowest BCUT2D eigenvalue weighted by Gasteiger charge is -2.47. The molecule has 0 saturated carbocycles. The quantitative estimate of drug-likeness (QED) is 0.581. The van der Waals surface area contributed by atoms with E-state index in [0.717, 1.165) is 47.6 Å². The number of aromatic hydroxyl groups is 1. The summed E-state index contributed by atoms with van der Waals surface area (Å²) in [5.41, 5.74) is 4.71. The van der Waals surface area contributed by atoms with Crippen molar-refractivity contribution in [1.29, 1.82) is 0 Å². The van der Waals surface area contributed by atoms with Crippen LogP contribution in [-0.4, -0.2) is 57.3 Å². The van der Waals surface area contributed by atoms with Gasteiger partial charge in [-0.05, 0) is 57.7 Å². The number of phenolic OH excluding ortho intramolecular Hbond substituents is 1. The van der Waals surface area contributed by atoms with E-state index < -0.39 is 15.6 Å². The Bertz CT molecular complexity index is 1330. The summed E-state index contributed by atoms with van der Waals surface area (Å²) in [6.45, 7) is 7.50. The number of rotatable bonds is 4. The third kappa shape index (κ3) is 4.08. The van der Waals surface area contributed by atoms with Gasteiger partial charge in [0.2, 0.25) is 10.0 Å². The Hall–Kier alpha value is -2.56. The number of nitrogens with zero attached hydrogens (tertiary/aromatic N) is 5. The number of sulfonamides is 1. The minimum Gasteiger partial charge on any atom is -0.507 e. The fourth-order valence-electron chi connectivity index (χ4n) is 5.41. The van der Waals surface area contributed by atoms with Gasteiger partial charge >= 0.3 is 0 Å². The predicted octanol–water partition coefficient (Wildman–Crippen LogP) is 3.89. The second-order valence-electron chi connectivity index (χ2n) is 9.46. The van der Waals surface area contributed by atoms with Crippen molar-refractivity contribution in [3.05, 3.63) is 52.2 Å². The SMILES string of the molecule is Cc1cncc(N2[C@@]3(CCN(Cc4ccc(O)c(-c5ncsc5C)c4)[C@@H](C)C3)CCS2(=O)=O)n1. The number of aromatic nitrogens is 3. The zero-order valence-corrected chi connectivity index (χ0v) is 21.2. The van der Waals surface area contributed by atoms with Gasteiger partial charge < -0.3 is 5.11 Å². The van der Waals surface area contributed by atoms with Gasteiger partial charge in [-0.15, -0.1) is 11.3 Å². The zero-order valence-electron chi connectivity index (χ0n) is 19.6. The Kier molecular flexibility index (Phi) is 5.86. The van der Waals surface area contributed by atoms with Crippen molar-refractivity contribution in [3.8, 4) is 17.0 Å². The van der Waals surface area contributed by atoms with Crippen molar-refractivity contribution in [2.75, 3.05) is 16.6 Å². The first-order valence-corrected chi connectivity index (χ1v) is 14.0. The van der Waals surface area contributed by atoms with Crippen LogP contribution in [0.2, 0.25) is 0 Å². The van der Waals surface area contributed by atoms with E-state index in [2.05, 4.69) is 26.8 Å². The predicted molar refractivity (Wildman–Crippen MR) is 133 cm³/mol. The first-order chi connectivity index (χ1) is 16.2. The average Bonchev–Trinajstić information content (AvgIpc) is 3.31. The van der Waals surface area contributed by atoms with Gasteiger partial charge in [-0.2, -0.15) is 0 Å². The molecular formula is C24H29N5O3S2. The molecule has 2 fully saturated rings. The van der Waals surface area contributed by atoms with E-state index in [9.17, 15) is 13.5 Å². The monoisotopic (exact) mass is 499 g/mol. The molecule has 1 aromatic carbocycles. The van der Waals surface area contributed by atoms with Crippen molar-refractivity contribution in [3.63, 3.8) is 0 Å². The largest absolute Gasteiger partial charge is 0.507 e. The fraction of sp³-hybridized carbons (Fsp3) is 0.458. The van der Waals surface area contributed by atoms with Crippen LogP contribution in [0.25, 0.3) is 11.3 Å². The maximum atomic E-state index is 13.1. The van der Waals surface area contributed by atoms with Gasteiger partial charge in [-0.3, -0.25) is 9.88 Å². The molecule has 0 bridgehead atoms. The van der Waals surface area contributed by atoms with Gasteiger partial charge in [0.1, 0.15) is 5.75 Å². The number of benzene rings is 1. The second-order valence-corrected chi connectivity index (χ2v) is 12.5. The molecule has 0 aliphatic carbocycles. The summed E-state index contributed by atoms with van der Waals surface area (Å²) in [7, 11) is -3.43. The molecule has 5 rings (SSSR count). The average molecular weight is 500 g/mol. The lowest BCUT2D eigenvalue weighted by Crippen LogP contribution is -2.56. The standard InChI is InChI=1S/C24H29N5O3S2/c1-16-12-25-13-22(27-16)29-24(7-9-34(29,31)32)6-8-28(17(2)11-24)14-19-4-5-21(30)20(10-19)23-18(3)33-15-26-23/h4-5,10,12-13,15,17,30H,6-9,11,14H2,1-3H3/t17-,24-/m0/s1. The van der Waals surface area contributed by atoms with Crippen LogP contribution in [0.3, 0.4) is 0 Å². The number of anilines is 1. The van der Waals surface area contributed by atoms with Gasteiger partial charge in [0, 0.05) is 35.8 Å². The molecule has 0 amide bonds. The smallest absolute Gasteiger partial charge is 0.236 e. The molecule has 2 aliphatic heterocycles. The van der Waals surface area contributed by atoms with Crippen LogP contribution < -0.4 is 4.31 Å². The van der Waals surface area contributed by atoms with Crippen molar-refractivity contribution in [1.82, 2.24) is 19.9 Å². The molecular weight excluding hydrogens is 470 g/mol. The Labute approximate surface area is 204 Å². The van der Waals surface area contributed by atoms with Crippen molar-refractivity contribution < 1.29 is 13.5 Å². The Morgan fingerprint density at radius 2 is 2.06 bits per heavy atom. The summed E-state index contributed by atoms with van der Waals surface area (Å²) < 4.78 is 27.7. The molecule has 2 atom stereocenters. The number of phenols is 1. The summed E-state index contributed by atoms with van der Waals surface area (Å²) in [6, 6.07) is 5.89. The van der Waals surface area contributed by atoms with Crippen molar-refractivity contribution >= 4 is 27.2 Å². The molecule has 1 N–H and O–H groups in total. The molecule has 34 heavy (non-hydrogen) atoms. The minimum atomic E-state index is -3.43. The topological polar surface area (TPSA) is 99.5 Å². The molecule has 0 radical (unpaired) electrons. The van der Waals surface area contributed by atoms with Crippen LogP contribution in [0.5, 0.6) is 5.75 Å². The third-order valence-corrected chi connectivity index (χ3v) is 9.70. The maximum absolute atomic E-state index is 13.1. The number of thiazole rings is 1. The number of aryl methyl sites for hydroxylation is 2. The van der Waals surface area contributed by atoms with E-state index in [1.807, 2.05) is 26.0 Å². The van der Waals surface area contributed by atoms with Gasteiger partial charge in [0.05, 0.1) is 34.4 Å². The third-order valence-electron chi connectivity index (χ3n) is 7.09. The summed E-state index contributed by atoms with van der Waals surface area (Å²) in [5, 5.41) is 10.4. The van der Waals surface area contributed by atoms with Gasteiger partial charge in [-0.25, -0.2) is 22.7 Å². The number of hydrogen-bond donors (Lipinski definition) is 1. The molecule has 2 saturated heterocycles. The molecule has 1 spiro atoms. The molecule has 2 aliphatic rings. The van der Waals surface area contributed by atoms with Crippen LogP contribution in [0, 0.1) is 13.8 Å². The summed E-state index contributed by atoms with van der Waals surface area (Å²) >= 11 is 1.56. The van der Waals surface area contributed by atoms with E-state index in [1.165, 1.54) is 0 Å². The van der Waals surface area contributed by atoms with Gasteiger partial charge in [0.15, 0.2) is 5.82 Å². The Balaban J connectivity index is 1.38. The van der Waals surface area contributed by atoms with Crippen LogP contribution in [0.1, 0.15) is 42.3 Å². The number of likely N-dealkylation sites (tertiary alicyclic amines) is 1. The van der Waals surface area contributed by atoms with E-state index in [4.69, 9.17) is 0 Å². The fourth-order valence-corrected chi connectivity index (χ4v) is 8.04. The van der Waals surface area contributed by atoms with Gasteiger partial charge in [0.25, 0.3) is 0 Å². The molecule has 10 heteroatoms. The molecule has 180 valence electrons. The van der Waals surface area contributed by atoms with Crippen LogP contribution in [-0.2, 0) is 16.6 Å². The Morgan fingerprint density at radius 1 is 1.24 bits per heavy atom. The van der Waals surface area contributed by atoms with Crippen LogP contribution in [0.4, 0.5) is 5.82 Å². The highest BCUT2D eigenvalue weighted by Gasteiger charge is 2.53. The van der Waals surface area contributed by atoms with Gasteiger partial charge in [-0.1, -0.05) is 6.07 Å². The van der Waals surface area contributed by atoms with Crippen LogP contribution >= 0.6 is 11.3 Å². The molecule has 8 nitrogen and oxygen atoms in total.